The minimum absolute atomic E-state index is 0.522. The van der Waals surface area contributed by atoms with Crippen molar-refractivity contribution >= 4 is 0 Å². The van der Waals surface area contributed by atoms with Crippen molar-refractivity contribution in [3.63, 3.8) is 0 Å². The predicted octanol–water partition coefficient (Wildman–Crippen LogP) is 0.804. The number of nitrogens with one attached hydrogen (secondary N) is 1. The van der Waals surface area contributed by atoms with Crippen molar-refractivity contribution in [1.82, 2.24) is 15.4 Å². The number of aromatic nitrogens is 3. The topological polar surface area (TPSA) is 61.8 Å². The number of hydrogen-bond donors (Lipinski definition) is 2. The smallest absolute Gasteiger partial charge is 0.111 e. The molecule has 0 aliphatic heterocycles. The summed E-state index contributed by atoms with van der Waals surface area (Å²) in [6.45, 7) is 3.56. The molecule has 4 heteroatoms. The van der Waals surface area contributed by atoms with Crippen LogP contribution in [0.3, 0.4) is 0 Å². The molecule has 0 aliphatic carbocycles. The second-order valence-corrected chi connectivity index (χ2v) is 2.28. The maximum absolute atomic E-state index is 9.37. The Morgan fingerprint density at radius 1 is 1.82 bits per heavy atom. The van der Waals surface area contributed by atoms with E-state index in [0.717, 1.165) is 6.42 Å². The number of rotatable bonds is 4. The van der Waals surface area contributed by atoms with Gasteiger partial charge in [-0.25, -0.2) is 0 Å². The molecular formula is C7H11N3O. The third-order valence-corrected chi connectivity index (χ3v) is 1.42. The first-order chi connectivity index (χ1) is 5.34. The fourth-order valence-corrected chi connectivity index (χ4v) is 0.795. The highest BCUT2D eigenvalue weighted by molar-refractivity contribution is 4.95. The monoisotopic (exact) mass is 153 g/mol. The Kier molecular flexibility index (Phi) is 2.80. The molecule has 1 aromatic heterocycles. The Balaban J connectivity index is 2.42. The SMILES string of the molecule is C=CCCC(O)c1cn[nH]n1. The van der Waals surface area contributed by atoms with Gasteiger partial charge in [-0.2, -0.15) is 15.4 Å². The first kappa shape index (κ1) is 7.94. The van der Waals surface area contributed by atoms with E-state index in [9.17, 15) is 5.11 Å². The van der Waals surface area contributed by atoms with Gasteiger partial charge in [-0.1, -0.05) is 6.08 Å². The van der Waals surface area contributed by atoms with E-state index in [1.54, 1.807) is 6.08 Å². The third kappa shape index (κ3) is 2.16. The van der Waals surface area contributed by atoms with Crippen LogP contribution in [0.5, 0.6) is 0 Å². The van der Waals surface area contributed by atoms with Gasteiger partial charge in [0.25, 0.3) is 0 Å². The number of hydrogen-bond acceptors (Lipinski definition) is 3. The molecule has 11 heavy (non-hydrogen) atoms. The first-order valence-corrected chi connectivity index (χ1v) is 3.49. The molecule has 1 aromatic rings. The molecule has 1 rings (SSSR count). The molecule has 0 fully saturated rings. The Hall–Kier alpha value is -1.16. The highest BCUT2D eigenvalue weighted by Crippen LogP contribution is 2.13. The summed E-state index contributed by atoms with van der Waals surface area (Å²) in [7, 11) is 0. The maximum atomic E-state index is 9.37. The van der Waals surface area contributed by atoms with E-state index < -0.39 is 6.10 Å². The highest BCUT2D eigenvalue weighted by Gasteiger charge is 2.07. The molecular weight excluding hydrogens is 142 g/mol. The van der Waals surface area contributed by atoms with E-state index in [1.807, 2.05) is 0 Å². The second-order valence-electron chi connectivity index (χ2n) is 2.28. The zero-order valence-corrected chi connectivity index (χ0v) is 6.20. The average Bonchev–Trinajstić information content (AvgIpc) is 2.52. The van der Waals surface area contributed by atoms with Gasteiger partial charge in [-0.3, -0.25) is 0 Å². The predicted molar refractivity (Wildman–Crippen MR) is 40.8 cm³/mol. The van der Waals surface area contributed by atoms with Gasteiger partial charge in [0.1, 0.15) is 5.69 Å². The summed E-state index contributed by atoms with van der Waals surface area (Å²) >= 11 is 0. The number of nitrogens with zero attached hydrogens (tertiary/aromatic N) is 2. The van der Waals surface area contributed by atoms with E-state index >= 15 is 0 Å². The number of allylic oxidation sites excluding steroid dienone is 1. The molecule has 0 aliphatic rings. The zero-order valence-electron chi connectivity index (χ0n) is 6.20. The molecule has 2 N–H and O–H groups in total. The van der Waals surface area contributed by atoms with Crippen molar-refractivity contribution in [2.45, 2.75) is 18.9 Å². The Morgan fingerprint density at radius 3 is 3.18 bits per heavy atom. The molecule has 4 nitrogen and oxygen atoms in total. The standard InChI is InChI=1S/C7H11N3O/c1-2-3-4-7(11)6-5-8-10-9-6/h2,5,7,11H,1,3-4H2,(H,8,9,10). The fraction of sp³-hybridized carbons (Fsp3) is 0.429. The molecule has 0 aromatic carbocycles. The van der Waals surface area contributed by atoms with E-state index in [-0.39, 0.29) is 0 Å². The van der Waals surface area contributed by atoms with Gasteiger partial charge in [0.05, 0.1) is 12.3 Å². The van der Waals surface area contributed by atoms with Crippen molar-refractivity contribution in [2.75, 3.05) is 0 Å². The van der Waals surface area contributed by atoms with E-state index in [2.05, 4.69) is 22.0 Å². The average molecular weight is 153 g/mol. The lowest BCUT2D eigenvalue weighted by atomic mass is 10.1. The Bertz CT molecular complexity index is 207. The largest absolute Gasteiger partial charge is 0.387 e. The van der Waals surface area contributed by atoms with Gasteiger partial charge in [-0.05, 0) is 12.8 Å². The summed E-state index contributed by atoms with van der Waals surface area (Å²) in [4.78, 5) is 0. The minimum Gasteiger partial charge on any atom is -0.387 e. The summed E-state index contributed by atoms with van der Waals surface area (Å²) in [5, 5.41) is 19.1. The van der Waals surface area contributed by atoms with Crippen molar-refractivity contribution < 1.29 is 5.11 Å². The number of aliphatic hydroxyl groups is 1. The van der Waals surface area contributed by atoms with Crippen LogP contribution in [-0.2, 0) is 0 Å². The number of aliphatic hydroxyl groups excluding tert-OH is 1. The van der Waals surface area contributed by atoms with Crippen LogP contribution in [0.15, 0.2) is 18.9 Å². The molecule has 0 bridgehead atoms. The summed E-state index contributed by atoms with van der Waals surface area (Å²) in [5.74, 6) is 0. The summed E-state index contributed by atoms with van der Waals surface area (Å²) in [6.07, 6.45) is 4.20. The maximum Gasteiger partial charge on any atom is 0.111 e. The van der Waals surface area contributed by atoms with Crippen LogP contribution in [0.2, 0.25) is 0 Å². The molecule has 1 atom stereocenters. The molecule has 0 radical (unpaired) electrons. The molecule has 0 saturated heterocycles. The van der Waals surface area contributed by atoms with Gasteiger partial charge in [0.2, 0.25) is 0 Å². The lowest BCUT2D eigenvalue weighted by Crippen LogP contribution is -1.96. The van der Waals surface area contributed by atoms with Crippen LogP contribution in [-0.4, -0.2) is 20.5 Å². The molecule has 0 amide bonds. The highest BCUT2D eigenvalue weighted by atomic mass is 16.3. The number of aromatic amines is 1. The molecule has 0 spiro atoms. The first-order valence-electron chi connectivity index (χ1n) is 3.49. The van der Waals surface area contributed by atoms with Crippen LogP contribution in [0, 0.1) is 0 Å². The van der Waals surface area contributed by atoms with Crippen molar-refractivity contribution in [3.8, 4) is 0 Å². The second kappa shape index (κ2) is 3.88. The summed E-state index contributed by atoms with van der Waals surface area (Å²) in [5.41, 5.74) is 0.590. The Morgan fingerprint density at radius 2 is 2.64 bits per heavy atom. The van der Waals surface area contributed by atoms with E-state index in [4.69, 9.17) is 0 Å². The lowest BCUT2D eigenvalue weighted by Gasteiger charge is -2.02. The van der Waals surface area contributed by atoms with Gasteiger partial charge >= 0.3 is 0 Å². The van der Waals surface area contributed by atoms with Gasteiger partial charge < -0.3 is 5.11 Å². The van der Waals surface area contributed by atoms with Crippen LogP contribution in [0.4, 0.5) is 0 Å². The molecule has 1 unspecified atom stereocenters. The Labute approximate surface area is 64.9 Å². The van der Waals surface area contributed by atoms with E-state index in [1.165, 1.54) is 6.20 Å². The van der Waals surface area contributed by atoms with Crippen LogP contribution >= 0.6 is 0 Å². The van der Waals surface area contributed by atoms with Crippen molar-refractivity contribution in [3.05, 3.63) is 24.5 Å². The van der Waals surface area contributed by atoms with E-state index in [0.29, 0.717) is 12.1 Å². The lowest BCUT2D eigenvalue weighted by molar-refractivity contribution is 0.164. The minimum atomic E-state index is -0.522. The van der Waals surface area contributed by atoms with Crippen molar-refractivity contribution in [2.24, 2.45) is 0 Å². The molecule has 0 saturated carbocycles. The van der Waals surface area contributed by atoms with Gasteiger partial charge in [0.15, 0.2) is 0 Å². The quantitative estimate of drug-likeness (QED) is 0.629. The zero-order chi connectivity index (χ0) is 8.10. The molecule has 60 valence electrons. The normalized spacial score (nSPS) is 12.8. The van der Waals surface area contributed by atoms with Crippen molar-refractivity contribution in [1.29, 1.82) is 0 Å². The summed E-state index contributed by atoms with van der Waals surface area (Å²) in [6, 6.07) is 0. The molecule has 1 heterocycles. The third-order valence-electron chi connectivity index (χ3n) is 1.42. The van der Waals surface area contributed by atoms with Crippen LogP contribution < -0.4 is 0 Å². The van der Waals surface area contributed by atoms with Crippen LogP contribution in [0.1, 0.15) is 24.6 Å². The summed E-state index contributed by atoms with van der Waals surface area (Å²) < 4.78 is 0. The van der Waals surface area contributed by atoms with Gasteiger partial charge in [0, 0.05) is 0 Å². The number of H-pyrrole nitrogens is 1. The van der Waals surface area contributed by atoms with Crippen LogP contribution in [0.25, 0.3) is 0 Å². The van der Waals surface area contributed by atoms with Gasteiger partial charge in [-0.15, -0.1) is 6.58 Å². The fourth-order valence-electron chi connectivity index (χ4n) is 0.795.